The minimum Gasteiger partial charge on any atom is -0.484 e. The minimum atomic E-state index is -0.713. The first-order valence-corrected chi connectivity index (χ1v) is 13.7. The number of rotatable bonds is 9. The minimum absolute atomic E-state index is 0.0280. The summed E-state index contributed by atoms with van der Waals surface area (Å²) in [6.45, 7) is 12.4. The van der Waals surface area contributed by atoms with Gasteiger partial charge in [-0.15, -0.1) is 0 Å². The summed E-state index contributed by atoms with van der Waals surface area (Å²) >= 11 is 3.52. The number of ether oxygens (including phenoxy) is 1. The summed E-state index contributed by atoms with van der Waals surface area (Å²) in [6, 6.07) is 24.7. The standard InChI is InChI=1S/C32H39BrN2O3/c1-31(2,3)25-15-17-27(18-16-25)38-22-29(36)35(21-24-13-10-14-26(33)19-24)28(30(37)34-32(4,5)6)20-23-11-8-7-9-12-23/h7-19,28H,20-22H2,1-6H3,(H,34,37)/t28-/m1/s1. The lowest BCUT2D eigenvalue weighted by Crippen LogP contribution is -2.55. The monoisotopic (exact) mass is 578 g/mol. The zero-order chi connectivity index (χ0) is 27.9. The normalized spacial score (nSPS) is 12.5. The number of hydrogen-bond acceptors (Lipinski definition) is 3. The summed E-state index contributed by atoms with van der Waals surface area (Å²) in [5.74, 6) is 0.168. The number of benzene rings is 3. The highest BCUT2D eigenvalue weighted by molar-refractivity contribution is 9.10. The molecule has 0 bridgehead atoms. The van der Waals surface area contributed by atoms with E-state index < -0.39 is 11.6 Å². The van der Waals surface area contributed by atoms with Crippen LogP contribution in [-0.4, -0.2) is 34.9 Å². The van der Waals surface area contributed by atoms with Crippen molar-refractivity contribution >= 4 is 27.7 Å². The van der Waals surface area contributed by atoms with E-state index in [1.807, 2.05) is 99.6 Å². The van der Waals surface area contributed by atoms with Crippen molar-refractivity contribution in [3.63, 3.8) is 0 Å². The molecule has 0 heterocycles. The largest absolute Gasteiger partial charge is 0.484 e. The van der Waals surface area contributed by atoms with E-state index in [2.05, 4.69) is 42.0 Å². The van der Waals surface area contributed by atoms with E-state index >= 15 is 0 Å². The van der Waals surface area contributed by atoms with Crippen LogP contribution in [0, 0.1) is 0 Å². The van der Waals surface area contributed by atoms with Gasteiger partial charge in [0.15, 0.2) is 6.61 Å². The fourth-order valence-corrected chi connectivity index (χ4v) is 4.56. The third-order valence-corrected chi connectivity index (χ3v) is 6.59. The average Bonchev–Trinajstić information content (AvgIpc) is 2.84. The molecule has 0 spiro atoms. The van der Waals surface area contributed by atoms with Crippen molar-refractivity contribution in [3.05, 3.63) is 100 Å². The summed E-state index contributed by atoms with van der Waals surface area (Å²) in [6.07, 6.45) is 0.392. The molecule has 38 heavy (non-hydrogen) atoms. The van der Waals surface area contributed by atoms with Crippen molar-refractivity contribution in [3.8, 4) is 5.75 Å². The van der Waals surface area contributed by atoms with Gasteiger partial charge in [-0.2, -0.15) is 0 Å². The molecule has 0 radical (unpaired) electrons. The van der Waals surface area contributed by atoms with E-state index in [4.69, 9.17) is 4.74 Å². The molecule has 0 aliphatic rings. The second-order valence-electron chi connectivity index (χ2n) is 11.7. The molecule has 3 aromatic carbocycles. The zero-order valence-electron chi connectivity index (χ0n) is 23.3. The Morgan fingerprint density at radius 3 is 2.08 bits per heavy atom. The Kier molecular flexibility index (Phi) is 9.77. The van der Waals surface area contributed by atoms with Gasteiger partial charge in [0.05, 0.1) is 0 Å². The van der Waals surface area contributed by atoms with Crippen LogP contribution in [0.15, 0.2) is 83.3 Å². The molecule has 1 N–H and O–H groups in total. The van der Waals surface area contributed by atoms with Crippen LogP contribution in [0.3, 0.4) is 0 Å². The highest BCUT2D eigenvalue weighted by Crippen LogP contribution is 2.25. The summed E-state index contributed by atoms with van der Waals surface area (Å²) in [4.78, 5) is 29.0. The lowest BCUT2D eigenvalue weighted by atomic mass is 9.87. The molecule has 0 aliphatic heterocycles. The van der Waals surface area contributed by atoms with E-state index in [1.165, 1.54) is 5.56 Å². The third kappa shape index (κ3) is 9.02. The molecule has 0 saturated carbocycles. The van der Waals surface area contributed by atoms with E-state index in [1.54, 1.807) is 4.90 Å². The predicted molar refractivity (Wildman–Crippen MR) is 157 cm³/mol. The summed E-state index contributed by atoms with van der Waals surface area (Å²) < 4.78 is 6.84. The van der Waals surface area contributed by atoms with Gasteiger partial charge in [0.25, 0.3) is 5.91 Å². The quantitative estimate of drug-likeness (QED) is 0.308. The number of hydrogen-bond donors (Lipinski definition) is 1. The number of halogens is 1. The second kappa shape index (κ2) is 12.6. The van der Waals surface area contributed by atoms with Gasteiger partial charge in [-0.3, -0.25) is 9.59 Å². The van der Waals surface area contributed by atoms with E-state index in [9.17, 15) is 9.59 Å². The van der Waals surface area contributed by atoms with Crippen LogP contribution in [0.1, 0.15) is 58.2 Å². The van der Waals surface area contributed by atoms with Gasteiger partial charge < -0.3 is 15.0 Å². The fourth-order valence-electron chi connectivity index (χ4n) is 4.12. The molecule has 0 unspecified atom stereocenters. The highest BCUT2D eigenvalue weighted by atomic mass is 79.9. The van der Waals surface area contributed by atoms with Crippen LogP contribution >= 0.6 is 15.9 Å². The molecule has 5 nitrogen and oxygen atoms in total. The van der Waals surface area contributed by atoms with Crippen LogP contribution in [0.5, 0.6) is 5.75 Å². The lowest BCUT2D eigenvalue weighted by Gasteiger charge is -2.33. The van der Waals surface area contributed by atoms with Gasteiger partial charge in [-0.25, -0.2) is 0 Å². The van der Waals surface area contributed by atoms with Gasteiger partial charge in [0.1, 0.15) is 11.8 Å². The smallest absolute Gasteiger partial charge is 0.261 e. The Morgan fingerprint density at radius 1 is 0.868 bits per heavy atom. The zero-order valence-corrected chi connectivity index (χ0v) is 24.8. The first-order chi connectivity index (χ1) is 17.8. The van der Waals surface area contributed by atoms with Crippen LogP contribution in [-0.2, 0) is 28.0 Å². The van der Waals surface area contributed by atoms with Gasteiger partial charge in [-0.05, 0) is 67.1 Å². The molecule has 2 amide bonds. The van der Waals surface area contributed by atoms with E-state index in [-0.39, 0.29) is 30.4 Å². The van der Waals surface area contributed by atoms with Crippen LogP contribution in [0.4, 0.5) is 0 Å². The molecular weight excluding hydrogens is 540 g/mol. The average molecular weight is 580 g/mol. The van der Waals surface area contributed by atoms with Crippen molar-refractivity contribution in [2.75, 3.05) is 6.61 Å². The Morgan fingerprint density at radius 2 is 1.50 bits per heavy atom. The number of nitrogens with zero attached hydrogens (tertiary/aromatic N) is 1. The van der Waals surface area contributed by atoms with Crippen LogP contribution in [0.2, 0.25) is 0 Å². The van der Waals surface area contributed by atoms with Gasteiger partial charge in [0.2, 0.25) is 5.91 Å². The first kappa shape index (κ1) is 29.4. The number of amides is 2. The molecule has 1 atom stereocenters. The van der Waals surface area contributed by atoms with Crippen molar-refractivity contribution in [2.24, 2.45) is 0 Å². The third-order valence-electron chi connectivity index (χ3n) is 6.09. The topological polar surface area (TPSA) is 58.6 Å². The molecule has 0 aliphatic carbocycles. The molecule has 6 heteroatoms. The maximum atomic E-state index is 13.7. The van der Waals surface area contributed by atoms with Crippen molar-refractivity contribution in [1.29, 1.82) is 0 Å². The van der Waals surface area contributed by atoms with Gasteiger partial charge in [-0.1, -0.05) is 91.3 Å². The molecular formula is C32H39BrN2O3. The Bertz CT molecular complexity index is 1210. The summed E-state index contributed by atoms with van der Waals surface area (Å²) in [7, 11) is 0. The molecule has 202 valence electrons. The summed E-state index contributed by atoms with van der Waals surface area (Å²) in [5, 5.41) is 3.08. The molecule has 3 rings (SSSR count). The number of carbonyl (C=O) groups is 2. The molecule has 3 aromatic rings. The van der Waals surface area contributed by atoms with Gasteiger partial charge >= 0.3 is 0 Å². The molecule has 0 aromatic heterocycles. The Balaban J connectivity index is 1.90. The van der Waals surface area contributed by atoms with Crippen molar-refractivity contribution < 1.29 is 14.3 Å². The predicted octanol–water partition coefficient (Wildman–Crippen LogP) is 6.68. The molecule has 0 saturated heterocycles. The SMILES string of the molecule is CC(C)(C)NC(=O)[C@@H](Cc1ccccc1)N(Cc1cccc(Br)c1)C(=O)COc1ccc(C(C)(C)C)cc1. The maximum Gasteiger partial charge on any atom is 0.261 e. The second-order valence-corrected chi connectivity index (χ2v) is 12.6. The first-order valence-electron chi connectivity index (χ1n) is 12.9. The lowest BCUT2D eigenvalue weighted by molar-refractivity contribution is -0.143. The van der Waals surface area contributed by atoms with Crippen LogP contribution in [0.25, 0.3) is 0 Å². The fraction of sp³-hybridized carbons (Fsp3) is 0.375. The van der Waals surface area contributed by atoms with Crippen molar-refractivity contribution in [1.82, 2.24) is 10.2 Å². The number of nitrogens with one attached hydrogen (secondary N) is 1. The van der Waals surface area contributed by atoms with Gasteiger partial charge in [0, 0.05) is 23.0 Å². The van der Waals surface area contributed by atoms with Crippen molar-refractivity contribution in [2.45, 2.75) is 71.5 Å². The van der Waals surface area contributed by atoms with E-state index in [0.29, 0.717) is 12.2 Å². The van der Waals surface area contributed by atoms with Crippen LogP contribution < -0.4 is 10.1 Å². The Labute approximate surface area is 235 Å². The highest BCUT2D eigenvalue weighted by Gasteiger charge is 2.32. The van der Waals surface area contributed by atoms with E-state index in [0.717, 1.165) is 15.6 Å². The Hall–Kier alpha value is -3.12. The summed E-state index contributed by atoms with van der Waals surface area (Å²) in [5.41, 5.74) is 2.67. The number of carbonyl (C=O) groups excluding carboxylic acids is 2. The maximum absolute atomic E-state index is 13.7. The molecule has 0 fully saturated rings.